The summed E-state index contributed by atoms with van der Waals surface area (Å²) in [5.41, 5.74) is 0. The summed E-state index contributed by atoms with van der Waals surface area (Å²) in [6.45, 7) is 4.08. The third-order valence-electron chi connectivity index (χ3n) is 3.87. The van der Waals surface area contributed by atoms with Gasteiger partial charge in [0.05, 0.1) is 13.2 Å². The second-order valence-electron chi connectivity index (χ2n) is 6.04. The van der Waals surface area contributed by atoms with Crippen LogP contribution >= 0.6 is 0 Å². The average Bonchev–Trinajstić information content (AvgIpc) is 2.58. The van der Waals surface area contributed by atoms with Crippen LogP contribution in [0.5, 0.6) is 23.0 Å². The molecule has 0 aliphatic carbocycles. The van der Waals surface area contributed by atoms with Gasteiger partial charge in [-0.25, -0.2) is 0 Å². The second kappa shape index (κ2) is 7.07. The van der Waals surface area contributed by atoms with Crippen molar-refractivity contribution in [2.75, 3.05) is 21.0 Å². The minimum absolute atomic E-state index is 0.0649. The van der Waals surface area contributed by atoms with Crippen molar-refractivity contribution in [2.45, 2.75) is 20.0 Å². The molecule has 0 radical (unpaired) electrons. The fraction of sp³-hybridized carbons (Fsp3) is 0.300. The van der Waals surface area contributed by atoms with Crippen LogP contribution in [0.3, 0.4) is 0 Å². The van der Waals surface area contributed by atoms with Gasteiger partial charge in [-0.1, -0.05) is 0 Å². The van der Waals surface area contributed by atoms with E-state index in [1.54, 1.807) is 20.3 Å². The summed E-state index contributed by atoms with van der Waals surface area (Å²) in [6.07, 6.45) is 0.0649. The predicted octanol–water partition coefficient (Wildman–Crippen LogP) is 4.48. The van der Waals surface area contributed by atoms with Crippen molar-refractivity contribution in [1.82, 2.24) is 0 Å². The van der Waals surface area contributed by atoms with E-state index in [0.29, 0.717) is 11.5 Å². The molecule has 5 nitrogen and oxygen atoms in total. The van der Waals surface area contributed by atoms with E-state index in [9.17, 15) is 5.11 Å². The third-order valence-corrected chi connectivity index (χ3v) is 3.87. The Balaban J connectivity index is 2.22. The lowest BCUT2D eigenvalue weighted by molar-refractivity contribution is 0.0511. The highest BCUT2D eigenvalue weighted by molar-refractivity contribution is 6.13. The molecule has 0 atom stereocenters. The number of phenolic OH excluding ortho intramolecular Hbond substituents is 1. The van der Waals surface area contributed by atoms with Gasteiger partial charge >= 0.3 is 0 Å². The van der Waals surface area contributed by atoms with Gasteiger partial charge in [-0.05, 0) is 55.0 Å². The maximum Gasteiger partial charge on any atom is 0.188 e. The smallest absolute Gasteiger partial charge is 0.188 e. The Hall–Kier alpha value is -2.66. The largest absolute Gasteiger partial charge is 0.507 e. The highest BCUT2D eigenvalue weighted by atomic mass is 16.7. The molecule has 3 rings (SSSR count). The summed E-state index contributed by atoms with van der Waals surface area (Å²) in [5, 5.41) is 13.8. The van der Waals surface area contributed by atoms with Crippen LogP contribution in [-0.4, -0.2) is 32.2 Å². The number of rotatable bonds is 6. The van der Waals surface area contributed by atoms with Crippen molar-refractivity contribution >= 4 is 21.5 Å². The van der Waals surface area contributed by atoms with Crippen LogP contribution in [0.1, 0.15) is 13.8 Å². The highest BCUT2D eigenvalue weighted by Gasteiger charge is 2.14. The molecule has 132 valence electrons. The molecular formula is C20H22O5. The number of aromatic hydroxyl groups is 1. The van der Waals surface area contributed by atoms with Gasteiger partial charge in [-0.2, -0.15) is 0 Å². The zero-order valence-corrected chi connectivity index (χ0v) is 14.8. The lowest BCUT2D eigenvalue weighted by atomic mass is 9.99. The van der Waals surface area contributed by atoms with Crippen molar-refractivity contribution in [3.63, 3.8) is 0 Å². The highest BCUT2D eigenvalue weighted by Crippen LogP contribution is 2.41. The number of phenols is 1. The molecule has 3 aromatic carbocycles. The van der Waals surface area contributed by atoms with Crippen molar-refractivity contribution in [1.29, 1.82) is 0 Å². The number of ether oxygens (including phenoxy) is 4. The summed E-state index contributed by atoms with van der Waals surface area (Å²) in [5.74, 6) is 2.19. The van der Waals surface area contributed by atoms with Gasteiger partial charge < -0.3 is 24.1 Å². The lowest BCUT2D eigenvalue weighted by Crippen LogP contribution is -2.05. The molecule has 0 aliphatic rings. The molecule has 0 spiro atoms. The Kier molecular flexibility index (Phi) is 4.86. The van der Waals surface area contributed by atoms with E-state index in [4.69, 9.17) is 18.9 Å². The van der Waals surface area contributed by atoms with E-state index in [2.05, 4.69) is 0 Å². The standard InChI is InChI=1S/C20H22O5/c1-12(2)25-14-5-6-16-17(9-14)18(21)8-13-7-15(24-11-22-3)10-19(23-4)20(13)16/h5-10,12,21H,11H2,1-4H3. The van der Waals surface area contributed by atoms with Crippen molar-refractivity contribution < 1.29 is 24.1 Å². The first-order chi connectivity index (χ1) is 12.0. The summed E-state index contributed by atoms with van der Waals surface area (Å²) < 4.78 is 21.8. The summed E-state index contributed by atoms with van der Waals surface area (Å²) in [4.78, 5) is 0. The quantitative estimate of drug-likeness (QED) is 0.529. The molecule has 0 saturated carbocycles. The van der Waals surface area contributed by atoms with E-state index in [0.717, 1.165) is 27.3 Å². The molecular weight excluding hydrogens is 320 g/mol. The molecule has 0 amide bonds. The van der Waals surface area contributed by atoms with Crippen LogP contribution in [0.15, 0.2) is 36.4 Å². The van der Waals surface area contributed by atoms with Crippen LogP contribution in [0.2, 0.25) is 0 Å². The minimum atomic E-state index is 0.0649. The fourth-order valence-corrected chi connectivity index (χ4v) is 2.91. The Morgan fingerprint density at radius 2 is 1.76 bits per heavy atom. The number of hydrogen-bond acceptors (Lipinski definition) is 5. The first kappa shape index (κ1) is 17.2. The Labute approximate surface area is 146 Å². The molecule has 1 N–H and O–H groups in total. The Morgan fingerprint density at radius 1 is 0.960 bits per heavy atom. The summed E-state index contributed by atoms with van der Waals surface area (Å²) >= 11 is 0. The first-order valence-corrected chi connectivity index (χ1v) is 8.09. The monoisotopic (exact) mass is 342 g/mol. The molecule has 0 aromatic heterocycles. The molecule has 0 bridgehead atoms. The zero-order valence-electron chi connectivity index (χ0n) is 14.8. The van der Waals surface area contributed by atoms with Crippen LogP contribution < -0.4 is 14.2 Å². The average molecular weight is 342 g/mol. The van der Waals surface area contributed by atoms with Gasteiger partial charge in [0.2, 0.25) is 0 Å². The summed E-state index contributed by atoms with van der Waals surface area (Å²) in [7, 11) is 3.18. The van der Waals surface area contributed by atoms with Crippen molar-refractivity contribution in [3.8, 4) is 23.0 Å². The van der Waals surface area contributed by atoms with Crippen molar-refractivity contribution in [3.05, 3.63) is 36.4 Å². The van der Waals surface area contributed by atoms with E-state index in [1.807, 2.05) is 44.2 Å². The van der Waals surface area contributed by atoms with E-state index in [-0.39, 0.29) is 18.6 Å². The van der Waals surface area contributed by atoms with Gasteiger partial charge in [0, 0.05) is 23.9 Å². The third kappa shape index (κ3) is 3.42. The molecule has 0 heterocycles. The van der Waals surface area contributed by atoms with Crippen LogP contribution in [0.25, 0.3) is 21.5 Å². The van der Waals surface area contributed by atoms with Gasteiger partial charge in [0.1, 0.15) is 23.0 Å². The predicted molar refractivity (Wildman–Crippen MR) is 97.9 cm³/mol. The second-order valence-corrected chi connectivity index (χ2v) is 6.04. The molecule has 25 heavy (non-hydrogen) atoms. The fourth-order valence-electron chi connectivity index (χ4n) is 2.91. The van der Waals surface area contributed by atoms with Gasteiger partial charge in [0.15, 0.2) is 6.79 Å². The first-order valence-electron chi connectivity index (χ1n) is 8.09. The van der Waals surface area contributed by atoms with Crippen LogP contribution in [0.4, 0.5) is 0 Å². The van der Waals surface area contributed by atoms with E-state index >= 15 is 0 Å². The number of methoxy groups -OCH3 is 2. The number of fused-ring (bicyclic) bond motifs is 3. The SMILES string of the molecule is COCOc1cc(OC)c2c(c1)cc(O)c1cc(OC(C)C)ccc12. The minimum Gasteiger partial charge on any atom is -0.507 e. The molecule has 3 aromatic rings. The van der Waals surface area contributed by atoms with Gasteiger partial charge in [-0.3, -0.25) is 0 Å². The molecule has 0 saturated heterocycles. The van der Waals surface area contributed by atoms with Crippen molar-refractivity contribution in [2.24, 2.45) is 0 Å². The van der Waals surface area contributed by atoms with Gasteiger partial charge in [-0.15, -0.1) is 0 Å². The van der Waals surface area contributed by atoms with E-state index in [1.165, 1.54) is 0 Å². The van der Waals surface area contributed by atoms with Crippen LogP contribution in [-0.2, 0) is 4.74 Å². The zero-order chi connectivity index (χ0) is 18.0. The number of hydrogen-bond donors (Lipinski definition) is 1. The van der Waals surface area contributed by atoms with E-state index < -0.39 is 0 Å². The topological polar surface area (TPSA) is 57.2 Å². The lowest BCUT2D eigenvalue weighted by Gasteiger charge is -2.15. The van der Waals surface area contributed by atoms with Gasteiger partial charge in [0.25, 0.3) is 0 Å². The van der Waals surface area contributed by atoms with Crippen LogP contribution in [0, 0.1) is 0 Å². The molecule has 5 heteroatoms. The molecule has 0 fully saturated rings. The Morgan fingerprint density at radius 3 is 2.44 bits per heavy atom. The molecule has 0 aliphatic heterocycles. The number of benzene rings is 3. The molecule has 0 unspecified atom stereocenters. The maximum absolute atomic E-state index is 10.5. The Bertz CT molecular complexity index is 902. The summed E-state index contributed by atoms with van der Waals surface area (Å²) in [6, 6.07) is 11.1. The normalized spacial score (nSPS) is 11.2. The maximum atomic E-state index is 10.5.